The van der Waals surface area contributed by atoms with Gasteiger partial charge in [0.2, 0.25) is 0 Å². The molecule has 0 aliphatic carbocycles. The molecule has 0 fully saturated rings. The fourth-order valence-electron chi connectivity index (χ4n) is 2.21. The molecule has 100 valence electrons. The van der Waals surface area contributed by atoms with Crippen molar-refractivity contribution >= 4 is 0 Å². The maximum Gasteiger partial charge on any atom is 0.134 e. The fourth-order valence-corrected chi connectivity index (χ4v) is 2.21. The lowest BCUT2D eigenvalue weighted by molar-refractivity contribution is 0.491. The van der Waals surface area contributed by atoms with Crippen LogP contribution in [0.5, 0.6) is 0 Å². The van der Waals surface area contributed by atoms with E-state index in [1.165, 1.54) is 11.1 Å². The summed E-state index contributed by atoms with van der Waals surface area (Å²) in [7, 11) is 0. The van der Waals surface area contributed by atoms with Gasteiger partial charge in [0, 0.05) is 5.56 Å². The summed E-state index contributed by atoms with van der Waals surface area (Å²) in [5.41, 5.74) is 9.30. The van der Waals surface area contributed by atoms with Gasteiger partial charge in [0.25, 0.3) is 0 Å². The molecule has 0 radical (unpaired) electrons. The first-order valence-corrected chi connectivity index (χ1v) is 6.75. The Morgan fingerprint density at radius 3 is 1.95 bits per heavy atom. The summed E-state index contributed by atoms with van der Waals surface area (Å²) in [6, 6.07) is 22.5. The van der Waals surface area contributed by atoms with E-state index in [-0.39, 0.29) is 6.04 Å². The smallest absolute Gasteiger partial charge is 0.134 e. The molecule has 0 amide bonds. The van der Waals surface area contributed by atoms with E-state index in [1.54, 1.807) is 0 Å². The summed E-state index contributed by atoms with van der Waals surface area (Å²) in [6.45, 7) is 1.92. The first-order chi connectivity index (χ1) is 9.74. The van der Waals surface area contributed by atoms with Crippen LogP contribution >= 0.6 is 0 Å². The zero-order valence-corrected chi connectivity index (χ0v) is 11.4. The molecule has 3 aromatic rings. The van der Waals surface area contributed by atoms with Crippen molar-refractivity contribution in [1.29, 1.82) is 0 Å². The number of furan rings is 1. The molecule has 1 heterocycles. The van der Waals surface area contributed by atoms with E-state index in [0.29, 0.717) is 0 Å². The minimum absolute atomic E-state index is 0.0765. The molecule has 0 saturated heterocycles. The van der Waals surface area contributed by atoms with E-state index in [0.717, 1.165) is 17.1 Å². The van der Waals surface area contributed by atoms with Crippen molar-refractivity contribution in [2.24, 2.45) is 5.73 Å². The van der Waals surface area contributed by atoms with Crippen molar-refractivity contribution in [1.82, 2.24) is 0 Å². The van der Waals surface area contributed by atoms with Gasteiger partial charge in [-0.05, 0) is 30.2 Å². The van der Waals surface area contributed by atoms with E-state index in [1.807, 2.05) is 37.3 Å². The predicted octanol–water partition coefficient (Wildman–Crippen LogP) is 4.63. The Kier molecular flexibility index (Phi) is 3.40. The third kappa shape index (κ3) is 2.51. The average molecular weight is 263 g/mol. The molecule has 2 N–H and O–H groups in total. The van der Waals surface area contributed by atoms with Crippen molar-refractivity contribution in [2.45, 2.75) is 13.0 Å². The number of benzene rings is 2. The van der Waals surface area contributed by atoms with Crippen LogP contribution in [-0.4, -0.2) is 0 Å². The van der Waals surface area contributed by atoms with Crippen molar-refractivity contribution < 1.29 is 4.42 Å². The monoisotopic (exact) mass is 263 g/mol. The second-order valence-corrected chi connectivity index (χ2v) is 4.93. The Bertz CT molecular complexity index is 681. The molecule has 0 aliphatic heterocycles. The molecule has 20 heavy (non-hydrogen) atoms. The van der Waals surface area contributed by atoms with Crippen LogP contribution < -0.4 is 5.73 Å². The van der Waals surface area contributed by atoms with Gasteiger partial charge in [0.15, 0.2) is 0 Å². The molecule has 2 heteroatoms. The highest BCUT2D eigenvalue weighted by Crippen LogP contribution is 2.27. The lowest BCUT2D eigenvalue weighted by atomic mass is 10.0. The van der Waals surface area contributed by atoms with Gasteiger partial charge in [-0.1, -0.05) is 54.6 Å². The summed E-state index contributed by atoms with van der Waals surface area (Å²) in [6.07, 6.45) is 0. The summed E-state index contributed by atoms with van der Waals surface area (Å²) in [4.78, 5) is 0. The molecule has 0 spiro atoms. The van der Waals surface area contributed by atoms with Gasteiger partial charge in [-0.15, -0.1) is 0 Å². The van der Waals surface area contributed by atoms with Gasteiger partial charge in [0.05, 0.1) is 6.04 Å². The molecule has 0 bridgehead atoms. The van der Waals surface area contributed by atoms with Crippen molar-refractivity contribution in [3.05, 3.63) is 72.5 Å². The summed E-state index contributed by atoms with van der Waals surface area (Å²) in [5, 5.41) is 0. The molecule has 2 nitrogen and oxygen atoms in total. The maximum absolute atomic E-state index is 5.81. The van der Waals surface area contributed by atoms with Gasteiger partial charge in [-0.25, -0.2) is 0 Å². The first-order valence-electron chi connectivity index (χ1n) is 6.75. The summed E-state index contributed by atoms with van der Waals surface area (Å²) in [5.74, 6) is 1.67. The molecule has 2 aromatic carbocycles. The van der Waals surface area contributed by atoms with Gasteiger partial charge >= 0.3 is 0 Å². The molecular weight excluding hydrogens is 246 g/mol. The van der Waals surface area contributed by atoms with Crippen molar-refractivity contribution in [3.8, 4) is 22.5 Å². The minimum atomic E-state index is -0.0765. The predicted molar refractivity (Wildman–Crippen MR) is 82.2 cm³/mol. The first kappa shape index (κ1) is 12.7. The minimum Gasteiger partial charge on any atom is -0.459 e. The Hall–Kier alpha value is -2.32. The average Bonchev–Trinajstić information content (AvgIpc) is 2.98. The molecule has 1 atom stereocenters. The van der Waals surface area contributed by atoms with Crippen LogP contribution in [0.15, 0.2) is 71.1 Å². The van der Waals surface area contributed by atoms with E-state index >= 15 is 0 Å². The van der Waals surface area contributed by atoms with Crippen molar-refractivity contribution in [2.75, 3.05) is 0 Å². The number of rotatable bonds is 3. The van der Waals surface area contributed by atoms with Crippen LogP contribution in [0.2, 0.25) is 0 Å². The molecule has 0 aliphatic rings. The normalized spacial score (nSPS) is 12.3. The Morgan fingerprint density at radius 2 is 1.35 bits per heavy atom. The maximum atomic E-state index is 5.81. The Labute approximate surface area is 118 Å². The highest BCUT2D eigenvalue weighted by atomic mass is 16.3. The standard InChI is InChI=1S/C18H17NO/c1-13(19)17-11-12-18(20-17)16-9-7-15(8-10-16)14-5-3-2-4-6-14/h2-13H,19H2,1H3. The SMILES string of the molecule is CC(N)c1ccc(-c2ccc(-c3ccccc3)cc2)o1. The summed E-state index contributed by atoms with van der Waals surface area (Å²) >= 11 is 0. The second-order valence-electron chi connectivity index (χ2n) is 4.93. The van der Waals surface area contributed by atoms with Crippen LogP contribution in [0, 0.1) is 0 Å². The van der Waals surface area contributed by atoms with Crippen LogP contribution in [0.4, 0.5) is 0 Å². The molecule has 1 aromatic heterocycles. The lowest BCUT2D eigenvalue weighted by Crippen LogP contribution is -2.02. The van der Waals surface area contributed by atoms with Crippen LogP contribution in [-0.2, 0) is 0 Å². The zero-order valence-electron chi connectivity index (χ0n) is 11.4. The van der Waals surface area contributed by atoms with E-state index < -0.39 is 0 Å². The molecule has 1 unspecified atom stereocenters. The van der Waals surface area contributed by atoms with E-state index in [2.05, 4.69) is 36.4 Å². The Morgan fingerprint density at radius 1 is 0.750 bits per heavy atom. The van der Waals surface area contributed by atoms with Crippen LogP contribution in [0.25, 0.3) is 22.5 Å². The van der Waals surface area contributed by atoms with Gasteiger partial charge in [-0.3, -0.25) is 0 Å². The molecule has 3 rings (SSSR count). The largest absolute Gasteiger partial charge is 0.459 e. The van der Waals surface area contributed by atoms with Gasteiger partial charge in [-0.2, -0.15) is 0 Å². The van der Waals surface area contributed by atoms with Gasteiger partial charge < -0.3 is 10.2 Å². The Balaban J connectivity index is 1.89. The molecule has 0 saturated carbocycles. The number of hydrogen-bond donors (Lipinski definition) is 1. The second kappa shape index (κ2) is 5.35. The van der Waals surface area contributed by atoms with Crippen LogP contribution in [0.1, 0.15) is 18.7 Å². The zero-order chi connectivity index (χ0) is 13.9. The van der Waals surface area contributed by atoms with E-state index in [9.17, 15) is 0 Å². The van der Waals surface area contributed by atoms with E-state index in [4.69, 9.17) is 10.2 Å². The molecular formula is C18H17NO. The number of nitrogens with two attached hydrogens (primary N) is 1. The summed E-state index contributed by atoms with van der Waals surface area (Å²) < 4.78 is 5.75. The highest BCUT2D eigenvalue weighted by Gasteiger charge is 2.08. The quantitative estimate of drug-likeness (QED) is 0.748. The topological polar surface area (TPSA) is 39.2 Å². The number of hydrogen-bond acceptors (Lipinski definition) is 2. The van der Waals surface area contributed by atoms with Crippen LogP contribution in [0.3, 0.4) is 0 Å². The fraction of sp³-hybridized carbons (Fsp3) is 0.111. The van der Waals surface area contributed by atoms with Gasteiger partial charge in [0.1, 0.15) is 11.5 Å². The third-order valence-electron chi connectivity index (χ3n) is 3.35. The third-order valence-corrected chi connectivity index (χ3v) is 3.35. The highest BCUT2D eigenvalue weighted by molar-refractivity contribution is 5.68. The van der Waals surface area contributed by atoms with Crippen molar-refractivity contribution in [3.63, 3.8) is 0 Å². The lowest BCUT2D eigenvalue weighted by Gasteiger charge is -2.03.